The summed E-state index contributed by atoms with van der Waals surface area (Å²) in [4.78, 5) is 15.4. The summed E-state index contributed by atoms with van der Waals surface area (Å²) in [5, 5.41) is 7.35. The van der Waals surface area contributed by atoms with Gasteiger partial charge in [0, 0.05) is 66.1 Å². The third-order valence-corrected chi connectivity index (χ3v) is 12.5. The van der Waals surface area contributed by atoms with Gasteiger partial charge >= 0.3 is 0 Å². The molecule has 13 aromatic rings. The SMILES string of the molecule is c1ccc(-c2nc(-c3ccc(-n4c5ccccc5c5ccccc54)cc3)nc(-c3cccc(-n4c5ccccc5c5cc(-n6c7ccccc7c7ccccc76)ccc54)c3)n2)cc1. The first-order valence-corrected chi connectivity index (χ1v) is 21.3. The van der Waals surface area contributed by atoms with Gasteiger partial charge in [-0.25, -0.2) is 15.0 Å². The maximum Gasteiger partial charge on any atom is 0.164 e. The van der Waals surface area contributed by atoms with E-state index in [4.69, 9.17) is 15.0 Å². The minimum absolute atomic E-state index is 0.613. The third kappa shape index (κ3) is 5.55. The summed E-state index contributed by atoms with van der Waals surface area (Å²) in [6, 6.07) is 77.3. The normalized spacial score (nSPS) is 11.8. The molecule has 294 valence electrons. The number of rotatable bonds is 6. The summed E-state index contributed by atoms with van der Waals surface area (Å²) < 4.78 is 7.07. The first-order valence-electron chi connectivity index (χ1n) is 21.3. The number of benzene rings is 9. The molecule has 4 aromatic heterocycles. The van der Waals surface area contributed by atoms with Crippen LogP contribution in [0.1, 0.15) is 0 Å². The van der Waals surface area contributed by atoms with Crippen LogP contribution in [0.2, 0.25) is 0 Å². The van der Waals surface area contributed by atoms with Gasteiger partial charge in [-0.3, -0.25) is 0 Å². The van der Waals surface area contributed by atoms with Crippen LogP contribution in [0.3, 0.4) is 0 Å². The van der Waals surface area contributed by atoms with Crippen LogP contribution in [0.15, 0.2) is 218 Å². The number of aromatic nitrogens is 6. The van der Waals surface area contributed by atoms with Crippen LogP contribution in [0, 0.1) is 0 Å². The second-order valence-electron chi connectivity index (χ2n) is 16.1. The Balaban J connectivity index is 0.939. The van der Waals surface area contributed by atoms with Crippen LogP contribution >= 0.6 is 0 Å². The van der Waals surface area contributed by atoms with E-state index in [1.54, 1.807) is 0 Å². The van der Waals surface area contributed by atoms with Gasteiger partial charge in [-0.2, -0.15) is 0 Å². The van der Waals surface area contributed by atoms with E-state index in [2.05, 4.69) is 214 Å². The van der Waals surface area contributed by atoms with E-state index in [1.165, 1.54) is 54.4 Å². The van der Waals surface area contributed by atoms with Gasteiger partial charge in [0.2, 0.25) is 0 Å². The monoisotopic (exact) mass is 804 g/mol. The Kier molecular flexibility index (Phi) is 7.80. The van der Waals surface area contributed by atoms with Crippen molar-refractivity contribution in [2.75, 3.05) is 0 Å². The first kappa shape index (κ1) is 35.2. The van der Waals surface area contributed by atoms with Crippen LogP contribution in [-0.2, 0) is 0 Å². The Morgan fingerprint density at radius 1 is 0.222 bits per heavy atom. The molecule has 0 aliphatic rings. The highest BCUT2D eigenvalue weighted by molar-refractivity contribution is 6.12. The van der Waals surface area contributed by atoms with E-state index in [9.17, 15) is 0 Å². The molecule has 13 rings (SSSR count). The third-order valence-electron chi connectivity index (χ3n) is 12.5. The molecule has 0 fully saturated rings. The molecule has 0 saturated heterocycles. The molecule has 9 aromatic carbocycles. The van der Waals surface area contributed by atoms with Gasteiger partial charge in [0.05, 0.1) is 33.1 Å². The molecular formula is C57H36N6. The van der Waals surface area contributed by atoms with Gasteiger partial charge < -0.3 is 13.7 Å². The van der Waals surface area contributed by atoms with Crippen molar-refractivity contribution in [3.05, 3.63) is 218 Å². The van der Waals surface area contributed by atoms with Crippen molar-refractivity contribution in [3.63, 3.8) is 0 Å². The molecule has 0 bridgehead atoms. The number of fused-ring (bicyclic) bond motifs is 9. The van der Waals surface area contributed by atoms with Crippen LogP contribution in [0.5, 0.6) is 0 Å². The van der Waals surface area contributed by atoms with Gasteiger partial charge in [-0.1, -0.05) is 133 Å². The molecule has 0 radical (unpaired) electrons. The number of hydrogen-bond donors (Lipinski definition) is 0. The van der Waals surface area contributed by atoms with Crippen molar-refractivity contribution in [2.24, 2.45) is 0 Å². The van der Waals surface area contributed by atoms with Gasteiger partial charge in [0.15, 0.2) is 17.5 Å². The lowest BCUT2D eigenvalue weighted by atomic mass is 10.1. The minimum Gasteiger partial charge on any atom is -0.309 e. The van der Waals surface area contributed by atoms with Crippen LogP contribution in [0.25, 0.3) is 117 Å². The molecule has 6 heteroatoms. The maximum absolute atomic E-state index is 5.19. The molecule has 0 N–H and O–H groups in total. The fourth-order valence-corrected chi connectivity index (χ4v) is 9.67. The summed E-state index contributed by atoms with van der Waals surface area (Å²) in [6.07, 6.45) is 0. The average molecular weight is 805 g/mol. The van der Waals surface area contributed by atoms with Crippen LogP contribution < -0.4 is 0 Å². The Morgan fingerprint density at radius 2 is 0.571 bits per heavy atom. The van der Waals surface area contributed by atoms with Crippen LogP contribution in [-0.4, -0.2) is 28.7 Å². The second-order valence-corrected chi connectivity index (χ2v) is 16.1. The highest BCUT2D eigenvalue weighted by atomic mass is 15.0. The second kappa shape index (κ2) is 14.0. The lowest BCUT2D eigenvalue weighted by Gasteiger charge is -2.12. The molecule has 0 spiro atoms. The smallest absolute Gasteiger partial charge is 0.164 e. The van der Waals surface area contributed by atoms with Gasteiger partial charge in [0.25, 0.3) is 0 Å². The molecule has 0 aliphatic heterocycles. The number of para-hydroxylation sites is 5. The summed E-state index contributed by atoms with van der Waals surface area (Å²) in [5.74, 6) is 1.86. The van der Waals surface area contributed by atoms with Gasteiger partial charge in [-0.05, 0) is 84.9 Å². The van der Waals surface area contributed by atoms with E-state index >= 15 is 0 Å². The molecule has 6 nitrogen and oxygen atoms in total. The first-order chi connectivity index (χ1) is 31.2. The van der Waals surface area contributed by atoms with Crippen molar-refractivity contribution in [3.8, 4) is 51.2 Å². The summed E-state index contributed by atoms with van der Waals surface area (Å²) in [5.41, 5.74) is 13.0. The number of nitrogens with zero attached hydrogens (tertiary/aromatic N) is 6. The molecule has 0 saturated carbocycles. The Hall–Kier alpha value is -8.61. The van der Waals surface area contributed by atoms with E-state index in [0.717, 1.165) is 44.8 Å². The van der Waals surface area contributed by atoms with E-state index in [-0.39, 0.29) is 0 Å². The van der Waals surface area contributed by atoms with Crippen LogP contribution in [0.4, 0.5) is 0 Å². The lowest BCUT2D eigenvalue weighted by Crippen LogP contribution is -2.01. The quantitative estimate of drug-likeness (QED) is 0.168. The van der Waals surface area contributed by atoms with Crippen molar-refractivity contribution in [1.82, 2.24) is 28.7 Å². The zero-order chi connectivity index (χ0) is 41.4. The summed E-state index contributed by atoms with van der Waals surface area (Å²) in [7, 11) is 0. The fraction of sp³-hybridized carbons (Fsp3) is 0. The standard InChI is InChI=1S/C57H36N6/c1-2-15-37(16-3-1)55-58-56(38-29-31-40(32-30-38)61-49-24-9-4-19-43(49)44-20-5-10-25-50(44)61)60-57(59-55)39-17-14-18-41(35-39)62-53-28-13-8-23-47(53)48-36-42(33-34-54(48)62)63-51-26-11-6-21-45(51)46-22-7-12-27-52(46)63/h1-36H. The van der Waals surface area contributed by atoms with Crippen molar-refractivity contribution in [1.29, 1.82) is 0 Å². The predicted octanol–water partition coefficient (Wildman–Crippen LogP) is 14.2. The van der Waals surface area contributed by atoms with E-state index < -0.39 is 0 Å². The van der Waals surface area contributed by atoms with Crippen molar-refractivity contribution >= 4 is 65.4 Å². The largest absolute Gasteiger partial charge is 0.309 e. The molecule has 0 amide bonds. The Bertz CT molecular complexity index is 3800. The van der Waals surface area contributed by atoms with Gasteiger partial charge in [0.1, 0.15) is 0 Å². The highest BCUT2D eigenvalue weighted by Gasteiger charge is 2.19. The topological polar surface area (TPSA) is 53.5 Å². The molecule has 0 aliphatic carbocycles. The van der Waals surface area contributed by atoms with Crippen molar-refractivity contribution in [2.45, 2.75) is 0 Å². The maximum atomic E-state index is 5.19. The lowest BCUT2D eigenvalue weighted by molar-refractivity contribution is 1.07. The summed E-state index contributed by atoms with van der Waals surface area (Å²) in [6.45, 7) is 0. The summed E-state index contributed by atoms with van der Waals surface area (Å²) >= 11 is 0. The van der Waals surface area contributed by atoms with E-state index in [0.29, 0.717) is 17.5 Å². The van der Waals surface area contributed by atoms with Crippen molar-refractivity contribution < 1.29 is 0 Å². The highest BCUT2D eigenvalue weighted by Crippen LogP contribution is 2.38. The zero-order valence-corrected chi connectivity index (χ0v) is 34.0. The molecule has 0 atom stereocenters. The fourth-order valence-electron chi connectivity index (χ4n) is 9.67. The minimum atomic E-state index is 0.613. The number of hydrogen-bond acceptors (Lipinski definition) is 3. The Morgan fingerprint density at radius 3 is 1.08 bits per heavy atom. The average Bonchev–Trinajstić information content (AvgIpc) is 4.00. The molecule has 4 heterocycles. The molecule has 63 heavy (non-hydrogen) atoms. The molecular weight excluding hydrogens is 769 g/mol. The molecule has 0 unspecified atom stereocenters. The Labute approximate surface area is 362 Å². The predicted molar refractivity (Wildman–Crippen MR) is 259 cm³/mol. The van der Waals surface area contributed by atoms with Gasteiger partial charge in [-0.15, -0.1) is 0 Å². The zero-order valence-electron chi connectivity index (χ0n) is 34.0. The van der Waals surface area contributed by atoms with E-state index in [1.807, 2.05) is 18.2 Å².